The van der Waals surface area contributed by atoms with Gasteiger partial charge in [0.05, 0.1) is 28.3 Å². The number of fused-ring (bicyclic) bond motifs is 1. The Balaban J connectivity index is 1.12. The molecule has 0 unspecified atom stereocenters. The summed E-state index contributed by atoms with van der Waals surface area (Å²) in [5, 5.41) is 13.7. The zero-order valence-electron chi connectivity index (χ0n) is 20.1. The summed E-state index contributed by atoms with van der Waals surface area (Å²) in [4.78, 5) is 11.5. The Morgan fingerprint density at radius 3 is 2.53 bits per heavy atom. The molecule has 2 fully saturated rings. The fourth-order valence-electron chi connectivity index (χ4n) is 5.18. The van der Waals surface area contributed by atoms with Crippen molar-refractivity contribution >= 4 is 27.5 Å². The van der Waals surface area contributed by atoms with Gasteiger partial charge >= 0.3 is 0 Å². The molecule has 184 valence electrons. The van der Waals surface area contributed by atoms with Crippen LogP contribution in [0, 0.1) is 11.3 Å². The number of nitrogens with zero attached hydrogens (tertiary/aromatic N) is 6. The van der Waals surface area contributed by atoms with Crippen LogP contribution < -0.4 is 9.62 Å². The topological polar surface area (TPSA) is 117 Å². The number of rotatable bonds is 6. The Morgan fingerprint density at radius 1 is 1.14 bits per heavy atom. The number of sulfonamides is 1. The minimum atomic E-state index is -3.63. The molecule has 0 radical (unpaired) electrons. The third-order valence-corrected chi connectivity index (χ3v) is 9.03. The molecule has 36 heavy (non-hydrogen) atoms. The minimum Gasteiger partial charge on any atom is -0.356 e. The van der Waals surface area contributed by atoms with Gasteiger partial charge in [0, 0.05) is 49.9 Å². The van der Waals surface area contributed by atoms with E-state index in [2.05, 4.69) is 36.8 Å². The number of benzene rings is 1. The number of allylic oxidation sites excluding steroid dienone is 1. The maximum Gasteiger partial charge on any atom is 0.240 e. The number of aryl methyl sites for hydroxylation is 1. The Kier molecular flexibility index (Phi) is 5.43. The number of anilines is 1. The van der Waals surface area contributed by atoms with Crippen LogP contribution in [0.3, 0.4) is 0 Å². The van der Waals surface area contributed by atoms with Crippen LogP contribution in [0.2, 0.25) is 0 Å². The summed E-state index contributed by atoms with van der Waals surface area (Å²) in [6, 6.07) is 8.98. The third kappa shape index (κ3) is 4.08. The lowest BCUT2D eigenvalue weighted by Crippen LogP contribution is -2.45. The van der Waals surface area contributed by atoms with Crippen LogP contribution in [0.4, 0.5) is 5.82 Å². The Bertz CT molecular complexity index is 1490. The minimum absolute atomic E-state index is 0.142. The Labute approximate surface area is 210 Å². The summed E-state index contributed by atoms with van der Waals surface area (Å²) >= 11 is 0. The van der Waals surface area contributed by atoms with Gasteiger partial charge in [-0.15, -0.1) is 0 Å². The van der Waals surface area contributed by atoms with E-state index >= 15 is 0 Å². The lowest BCUT2D eigenvalue weighted by Gasteiger charge is -2.33. The molecule has 6 rings (SSSR count). The highest BCUT2D eigenvalue weighted by molar-refractivity contribution is 7.89. The first-order valence-corrected chi connectivity index (χ1v) is 13.7. The number of aromatic nitrogens is 4. The Morgan fingerprint density at radius 2 is 1.89 bits per heavy atom. The van der Waals surface area contributed by atoms with Crippen LogP contribution in [0.5, 0.6) is 0 Å². The van der Waals surface area contributed by atoms with Gasteiger partial charge < -0.3 is 4.90 Å². The molecule has 1 aliphatic heterocycles. The molecule has 2 aliphatic carbocycles. The monoisotopic (exact) mass is 501 g/mol. The molecule has 2 aromatic heterocycles. The molecule has 0 amide bonds. The molecule has 0 spiro atoms. The highest BCUT2D eigenvalue weighted by Gasteiger charge is 2.44. The lowest BCUT2D eigenvalue weighted by atomic mass is 9.98. The van der Waals surface area contributed by atoms with Crippen molar-refractivity contribution in [1.29, 1.82) is 5.26 Å². The number of hydrogen-bond donors (Lipinski definition) is 1. The number of nitrogens with one attached hydrogen (secondary N) is 1. The molecule has 10 heteroatoms. The second kappa shape index (κ2) is 8.54. The second-order valence-corrected chi connectivity index (χ2v) is 11.6. The molecule has 1 saturated heterocycles. The van der Waals surface area contributed by atoms with Crippen molar-refractivity contribution in [3.8, 4) is 6.07 Å². The SMILES string of the molecule is Cn1cc(C2=Cc3c(ncnc3N3CCC(NS(=O)(=O)c4ccc(C5(C#N)CC5)cc4)CC3)C2)cn1. The summed E-state index contributed by atoms with van der Waals surface area (Å²) in [5.74, 6) is 0.905. The van der Waals surface area contributed by atoms with E-state index in [1.807, 2.05) is 19.4 Å². The second-order valence-electron chi connectivity index (χ2n) is 9.91. The predicted molar refractivity (Wildman–Crippen MR) is 135 cm³/mol. The van der Waals surface area contributed by atoms with E-state index in [1.165, 1.54) is 5.57 Å². The fraction of sp³-hybridized carbons (Fsp3) is 0.385. The van der Waals surface area contributed by atoms with E-state index in [1.54, 1.807) is 35.3 Å². The average molecular weight is 502 g/mol. The van der Waals surface area contributed by atoms with Gasteiger partial charge in [0.25, 0.3) is 0 Å². The molecule has 3 aromatic rings. The Hall–Kier alpha value is -3.55. The first kappa shape index (κ1) is 22.9. The van der Waals surface area contributed by atoms with Crippen LogP contribution in [-0.2, 0) is 28.9 Å². The van der Waals surface area contributed by atoms with Crippen LogP contribution in [0.15, 0.2) is 47.9 Å². The molecule has 3 heterocycles. The van der Waals surface area contributed by atoms with Crippen LogP contribution >= 0.6 is 0 Å². The van der Waals surface area contributed by atoms with Crippen molar-refractivity contribution in [3.05, 3.63) is 65.4 Å². The highest BCUT2D eigenvalue weighted by Crippen LogP contribution is 2.47. The van der Waals surface area contributed by atoms with Gasteiger partial charge in [0.1, 0.15) is 12.1 Å². The summed E-state index contributed by atoms with van der Waals surface area (Å²) in [5.41, 5.74) is 4.79. The summed E-state index contributed by atoms with van der Waals surface area (Å²) < 4.78 is 30.7. The van der Waals surface area contributed by atoms with Crippen molar-refractivity contribution < 1.29 is 8.42 Å². The van der Waals surface area contributed by atoms with Gasteiger partial charge in [-0.3, -0.25) is 4.68 Å². The van der Waals surface area contributed by atoms with Crippen molar-refractivity contribution in [2.45, 2.75) is 48.5 Å². The van der Waals surface area contributed by atoms with Gasteiger partial charge in [0.15, 0.2) is 0 Å². The van der Waals surface area contributed by atoms with E-state index in [9.17, 15) is 13.7 Å². The van der Waals surface area contributed by atoms with E-state index in [0.717, 1.165) is 47.5 Å². The standard InChI is InChI=1S/C26H27N7O2S/c1-32-15-19(14-30-32)18-12-23-24(13-18)28-17-29-25(23)33-10-6-21(7-11-33)31-36(34,35)22-4-2-20(3-5-22)26(16-27)8-9-26/h2-5,12,14-15,17,21,31H,6-11,13H2,1H3. The molecule has 1 N–H and O–H groups in total. The predicted octanol–water partition coefficient (Wildman–Crippen LogP) is 2.81. The normalized spacial score (nSPS) is 19.0. The van der Waals surface area contributed by atoms with Crippen LogP contribution in [0.25, 0.3) is 11.6 Å². The van der Waals surface area contributed by atoms with Crippen molar-refractivity contribution in [2.75, 3.05) is 18.0 Å². The molecule has 0 bridgehead atoms. The van der Waals surface area contributed by atoms with Crippen molar-refractivity contribution in [2.24, 2.45) is 7.05 Å². The average Bonchev–Trinajstić information content (AvgIpc) is 3.37. The molecule has 1 saturated carbocycles. The quantitative estimate of drug-likeness (QED) is 0.552. The van der Waals surface area contributed by atoms with E-state index in [4.69, 9.17) is 0 Å². The molecule has 9 nitrogen and oxygen atoms in total. The van der Waals surface area contributed by atoms with Gasteiger partial charge in [-0.25, -0.2) is 23.1 Å². The van der Waals surface area contributed by atoms with Crippen molar-refractivity contribution in [1.82, 2.24) is 24.5 Å². The summed E-state index contributed by atoms with van der Waals surface area (Å²) in [6.07, 6.45) is 11.4. The number of nitriles is 1. The van der Waals surface area contributed by atoms with Crippen molar-refractivity contribution in [3.63, 3.8) is 0 Å². The molecular formula is C26H27N7O2S. The van der Waals surface area contributed by atoms with E-state index < -0.39 is 15.4 Å². The zero-order chi connectivity index (χ0) is 24.9. The van der Waals surface area contributed by atoms with Gasteiger partial charge in [-0.2, -0.15) is 10.4 Å². The van der Waals surface area contributed by atoms with Gasteiger partial charge in [-0.05, 0) is 55.0 Å². The first-order valence-electron chi connectivity index (χ1n) is 12.2. The van der Waals surface area contributed by atoms with Gasteiger partial charge in [0.2, 0.25) is 10.0 Å². The summed E-state index contributed by atoms with van der Waals surface area (Å²) in [7, 11) is -1.72. The maximum atomic E-state index is 13.0. The zero-order valence-corrected chi connectivity index (χ0v) is 20.9. The lowest BCUT2D eigenvalue weighted by molar-refractivity contribution is 0.458. The highest BCUT2D eigenvalue weighted by atomic mass is 32.2. The van der Waals surface area contributed by atoms with Gasteiger partial charge in [-0.1, -0.05) is 12.1 Å². The first-order chi connectivity index (χ1) is 17.4. The summed E-state index contributed by atoms with van der Waals surface area (Å²) in [6.45, 7) is 1.41. The maximum absolute atomic E-state index is 13.0. The van der Waals surface area contributed by atoms with E-state index in [-0.39, 0.29) is 10.9 Å². The largest absolute Gasteiger partial charge is 0.356 e. The fourth-order valence-corrected chi connectivity index (χ4v) is 6.48. The molecule has 3 aliphatic rings. The third-order valence-electron chi connectivity index (χ3n) is 7.50. The van der Waals surface area contributed by atoms with E-state index in [0.29, 0.717) is 25.9 Å². The number of hydrogen-bond acceptors (Lipinski definition) is 7. The molecular weight excluding hydrogens is 474 g/mol. The molecule has 0 atom stereocenters. The molecule has 1 aromatic carbocycles. The smallest absolute Gasteiger partial charge is 0.240 e. The van der Waals surface area contributed by atoms with Crippen LogP contribution in [-0.4, -0.2) is 47.3 Å². The number of piperidine rings is 1. The van der Waals surface area contributed by atoms with Crippen LogP contribution in [0.1, 0.15) is 48.1 Å².